The Hall–Kier alpha value is -2.13. The van der Waals surface area contributed by atoms with E-state index in [2.05, 4.69) is 63.0 Å². The fraction of sp³-hybridized carbons (Fsp3) is 0.0526. The molecule has 0 N–H and O–H groups in total. The molecule has 0 atom stereocenters. The van der Waals surface area contributed by atoms with Gasteiger partial charge in [0, 0.05) is 32.8 Å². The summed E-state index contributed by atoms with van der Waals surface area (Å²) in [4.78, 5) is 0. The molecule has 0 saturated carbocycles. The molecule has 0 saturated heterocycles. The summed E-state index contributed by atoms with van der Waals surface area (Å²) in [6, 6.07) is 21.4. The smallest absolute Gasteiger partial charge is 0.123 e. The molecule has 0 aliphatic heterocycles. The molecule has 0 fully saturated rings. The van der Waals surface area contributed by atoms with Crippen LogP contribution in [0.25, 0.3) is 21.8 Å². The van der Waals surface area contributed by atoms with E-state index in [4.69, 9.17) is 0 Å². The van der Waals surface area contributed by atoms with Gasteiger partial charge in [-0.25, -0.2) is 4.39 Å². The summed E-state index contributed by atoms with van der Waals surface area (Å²) in [5, 5.41) is 2.47. The van der Waals surface area contributed by atoms with Gasteiger partial charge in [-0.3, -0.25) is 0 Å². The Morgan fingerprint density at radius 3 is 2.36 bits per heavy atom. The molecule has 0 spiro atoms. The standard InChI is InChI=1S/C19H13BrFN/c20-14-7-10-19-17(11-14)16-3-1-2-4-18(16)22(19)12-13-5-8-15(21)9-6-13/h1-11H,12H2. The lowest BCUT2D eigenvalue weighted by molar-refractivity contribution is 0.626. The highest BCUT2D eigenvalue weighted by Crippen LogP contribution is 2.31. The van der Waals surface area contributed by atoms with E-state index in [1.165, 1.54) is 33.9 Å². The van der Waals surface area contributed by atoms with E-state index in [1.807, 2.05) is 12.1 Å². The van der Waals surface area contributed by atoms with Gasteiger partial charge in [-0.05, 0) is 42.0 Å². The van der Waals surface area contributed by atoms with Crippen LogP contribution in [-0.2, 0) is 6.54 Å². The van der Waals surface area contributed by atoms with E-state index in [-0.39, 0.29) is 5.82 Å². The summed E-state index contributed by atoms with van der Waals surface area (Å²) in [7, 11) is 0. The first-order valence-corrected chi connectivity index (χ1v) is 7.92. The normalized spacial score (nSPS) is 11.4. The molecule has 1 nitrogen and oxygen atoms in total. The van der Waals surface area contributed by atoms with Gasteiger partial charge in [0.05, 0.1) is 0 Å². The van der Waals surface area contributed by atoms with Gasteiger partial charge in [0.25, 0.3) is 0 Å². The Morgan fingerprint density at radius 2 is 1.55 bits per heavy atom. The molecule has 4 rings (SSSR count). The van der Waals surface area contributed by atoms with E-state index in [0.717, 1.165) is 16.6 Å². The summed E-state index contributed by atoms with van der Waals surface area (Å²) in [5.74, 6) is -0.199. The SMILES string of the molecule is Fc1ccc(Cn2c3ccccc3c3cc(Br)ccc32)cc1. The molecule has 0 amide bonds. The van der Waals surface area contributed by atoms with Crippen LogP contribution in [0, 0.1) is 5.82 Å². The summed E-state index contributed by atoms with van der Waals surface area (Å²) >= 11 is 3.55. The van der Waals surface area contributed by atoms with E-state index >= 15 is 0 Å². The number of benzene rings is 3. The van der Waals surface area contributed by atoms with Crippen molar-refractivity contribution in [3.8, 4) is 0 Å². The number of fused-ring (bicyclic) bond motifs is 3. The minimum Gasteiger partial charge on any atom is -0.336 e. The van der Waals surface area contributed by atoms with Crippen LogP contribution in [0.2, 0.25) is 0 Å². The highest BCUT2D eigenvalue weighted by Gasteiger charge is 2.10. The monoisotopic (exact) mass is 353 g/mol. The minimum atomic E-state index is -0.199. The van der Waals surface area contributed by atoms with Crippen LogP contribution in [0.15, 0.2) is 71.2 Å². The lowest BCUT2D eigenvalue weighted by atomic mass is 10.2. The Balaban J connectivity index is 1.96. The molecule has 3 heteroatoms. The van der Waals surface area contributed by atoms with Gasteiger partial charge in [-0.15, -0.1) is 0 Å². The Bertz CT molecular complexity index is 970. The topological polar surface area (TPSA) is 4.93 Å². The van der Waals surface area contributed by atoms with Gasteiger partial charge < -0.3 is 4.57 Å². The maximum atomic E-state index is 13.1. The molecule has 1 heterocycles. The maximum Gasteiger partial charge on any atom is 0.123 e. The van der Waals surface area contributed by atoms with Crippen molar-refractivity contribution in [1.82, 2.24) is 4.57 Å². The lowest BCUT2D eigenvalue weighted by Crippen LogP contribution is -1.99. The Labute approximate surface area is 136 Å². The summed E-state index contributed by atoms with van der Waals surface area (Å²) in [6.45, 7) is 0.728. The zero-order chi connectivity index (χ0) is 15.1. The minimum absolute atomic E-state index is 0.199. The van der Waals surface area contributed by atoms with Gasteiger partial charge in [-0.2, -0.15) is 0 Å². The number of aromatic nitrogens is 1. The Morgan fingerprint density at radius 1 is 0.818 bits per heavy atom. The van der Waals surface area contributed by atoms with Gasteiger partial charge in [0.1, 0.15) is 5.82 Å². The fourth-order valence-electron chi connectivity index (χ4n) is 2.97. The molecular formula is C19H13BrFN. The van der Waals surface area contributed by atoms with Crippen molar-refractivity contribution in [3.05, 3.63) is 82.6 Å². The van der Waals surface area contributed by atoms with Crippen molar-refractivity contribution >= 4 is 37.7 Å². The summed E-state index contributed by atoms with van der Waals surface area (Å²) < 4.78 is 16.5. The van der Waals surface area contributed by atoms with Crippen molar-refractivity contribution in [2.24, 2.45) is 0 Å². The van der Waals surface area contributed by atoms with Crippen molar-refractivity contribution in [1.29, 1.82) is 0 Å². The first-order chi connectivity index (χ1) is 10.7. The van der Waals surface area contributed by atoms with Crippen LogP contribution < -0.4 is 0 Å². The molecular weight excluding hydrogens is 341 g/mol. The molecule has 3 aromatic carbocycles. The molecule has 108 valence electrons. The van der Waals surface area contributed by atoms with E-state index < -0.39 is 0 Å². The molecule has 0 unspecified atom stereocenters. The molecule has 1 aromatic heterocycles. The maximum absolute atomic E-state index is 13.1. The predicted octanol–water partition coefficient (Wildman–Crippen LogP) is 5.74. The zero-order valence-electron chi connectivity index (χ0n) is 11.8. The second-order valence-electron chi connectivity index (χ2n) is 5.39. The quantitative estimate of drug-likeness (QED) is 0.432. The van der Waals surface area contributed by atoms with E-state index in [1.54, 1.807) is 0 Å². The second kappa shape index (κ2) is 5.25. The summed E-state index contributed by atoms with van der Waals surface area (Å²) in [6.07, 6.45) is 0. The third-order valence-corrected chi connectivity index (χ3v) is 4.48. The zero-order valence-corrected chi connectivity index (χ0v) is 13.3. The van der Waals surface area contributed by atoms with Gasteiger partial charge in [0.15, 0.2) is 0 Å². The first-order valence-electron chi connectivity index (χ1n) is 7.13. The molecule has 0 aliphatic carbocycles. The number of nitrogens with zero attached hydrogens (tertiary/aromatic N) is 1. The molecule has 22 heavy (non-hydrogen) atoms. The second-order valence-corrected chi connectivity index (χ2v) is 6.31. The Kier molecular flexibility index (Phi) is 3.23. The predicted molar refractivity (Wildman–Crippen MR) is 92.6 cm³/mol. The van der Waals surface area contributed by atoms with Crippen molar-refractivity contribution < 1.29 is 4.39 Å². The third-order valence-electron chi connectivity index (χ3n) is 3.99. The van der Waals surface area contributed by atoms with Gasteiger partial charge >= 0.3 is 0 Å². The van der Waals surface area contributed by atoms with Gasteiger partial charge in [0.2, 0.25) is 0 Å². The number of halogens is 2. The number of rotatable bonds is 2. The van der Waals surface area contributed by atoms with Crippen molar-refractivity contribution in [2.75, 3.05) is 0 Å². The fourth-order valence-corrected chi connectivity index (χ4v) is 3.33. The average molecular weight is 354 g/mol. The molecule has 0 radical (unpaired) electrons. The summed E-state index contributed by atoms with van der Waals surface area (Å²) in [5.41, 5.74) is 3.47. The number of para-hydroxylation sites is 1. The average Bonchev–Trinajstić information content (AvgIpc) is 2.83. The highest BCUT2D eigenvalue weighted by atomic mass is 79.9. The van der Waals surface area contributed by atoms with Crippen molar-refractivity contribution in [2.45, 2.75) is 6.54 Å². The van der Waals surface area contributed by atoms with Crippen molar-refractivity contribution in [3.63, 3.8) is 0 Å². The first kappa shape index (κ1) is 13.5. The lowest BCUT2D eigenvalue weighted by Gasteiger charge is -2.08. The highest BCUT2D eigenvalue weighted by molar-refractivity contribution is 9.10. The number of hydrogen-bond donors (Lipinski definition) is 0. The molecule has 4 aromatic rings. The van der Waals surface area contributed by atoms with Crippen LogP contribution in [0.3, 0.4) is 0 Å². The van der Waals surface area contributed by atoms with Crippen LogP contribution in [-0.4, -0.2) is 4.57 Å². The molecule has 0 aliphatic rings. The van der Waals surface area contributed by atoms with Crippen LogP contribution in [0.4, 0.5) is 4.39 Å². The van der Waals surface area contributed by atoms with E-state index in [0.29, 0.717) is 0 Å². The van der Waals surface area contributed by atoms with Gasteiger partial charge in [-0.1, -0.05) is 46.3 Å². The van der Waals surface area contributed by atoms with E-state index in [9.17, 15) is 4.39 Å². The van der Waals surface area contributed by atoms with Crippen LogP contribution in [0.5, 0.6) is 0 Å². The van der Waals surface area contributed by atoms with Crippen LogP contribution >= 0.6 is 15.9 Å². The molecule has 0 bridgehead atoms. The number of hydrogen-bond acceptors (Lipinski definition) is 0. The van der Waals surface area contributed by atoms with Crippen LogP contribution in [0.1, 0.15) is 5.56 Å². The largest absolute Gasteiger partial charge is 0.336 e. The third kappa shape index (κ3) is 2.22.